The largest absolute Gasteiger partial charge is 0.454 e. The van der Waals surface area contributed by atoms with Crippen LogP contribution in [0.15, 0.2) is 42.5 Å². The predicted molar refractivity (Wildman–Crippen MR) is 139 cm³/mol. The van der Waals surface area contributed by atoms with Crippen molar-refractivity contribution >= 4 is 33.8 Å². The summed E-state index contributed by atoms with van der Waals surface area (Å²) in [6.45, 7) is 8.96. The average molecular weight is 491 g/mol. The number of hydrogen-bond acceptors (Lipinski definition) is 5. The van der Waals surface area contributed by atoms with Crippen molar-refractivity contribution in [3.8, 4) is 11.5 Å². The van der Waals surface area contributed by atoms with Gasteiger partial charge in [-0.15, -0.1) is 11.3 Å². The highest BCUT2D eigenvalue weighted by atomic mass is 32.1. The molecule has 3 aromatic rings. The third-order valence-corrected chi connectivity index (χ3v) is 8.06. The van der Waals surface area contributed by atoms with Crippen LogP contribution in [0.25, 0.3) is 0 Å². The summed E-state index contributed by atoms with van der Waals surface area (Å²) in [6, 6.07) is 12.8. The second-order valence-electron chi connectivity index (χ2n) is 10.4. The van der Waals surface area contributed by atoms with Gasteiger partial charge in [-0.3, -0.25) is 9.59 Å². The number of thiophene rings is 1. The molecular formula is C28H30N2O4S. The van der Waals surface area contributed by atoms with E-state index in [9.17, 15) is 9.59 Å². The molecule has 0 fully saturated rings. The van der Waals surface area contributed by atoms with E-state index < -0.39 is 0 Å². The van der Waals surface area contributed by atoms with E-state index in [1.807, 2.05) is 31.2 Å². The lowest BCUT2D eigenvalue weighted by molar-refractivity contribution is 0.102. The lowest BCUT2D eigenvalue weighted by Crippen LogP contribution is -2.27. The lowest BCUT2D eigenvalue weighted by atomic mass is 9.72. The SMILES string of the molecule is Cc1ccc(NC(=O)c2c(NC(=O)c3ccc4c(c3)OCO4)sc3c2CC[C@@H](C(C)(C)C)C3)cc1. The molecule has 2 N–H and O–H groups in total. The molecule has 2 aliphatic rings. The van der Waals surface area contributed by atoms with E-state index in [1.165, 1.54) is 16.2 Å². The molecule has 1 aromatic heterocycles. The first-order chi connectivity index (χ1) is 16.7. The predicted octanol–water partition coefficient (Wildman–Crippen LogP) is 6.44. The third-order valence-electron chi connectivity index (χ3n) is 6.89. The zero-order valence-electron chi connectivity index (χ0n) is 20.5. The fourth-order valence-electron chi connectivity index (χ4n) is 4.70. The van der Waals surface area contributed by atoms with E-state index in [-0.39, 0.29) is 24.0 Å². The molecule has 1 aliphatic heterocycles. The number of carbonyl (C=O) groups excluding carboxylic acids is 2. The standard InChI is InChI=1S/C28H30N2O4S/c1-16-5-9-19(10-6-16)29-26(32)24-20-11-8-18(28(2,3)4)14-23(20)35-27(24)30-25(31)17-7-12-21-22(13-17)34-15-33-21/h5-7,9-10,12-13,18H,8,11,14-15H2,1-4H3,(H,29,32)(H,30,31)/t18-/m1/s1. The minimum Gasteiger partial charge on any atom is -0.454 e. The van der Waals surface area contributed by atoms with Crippen LogP contribution in [0.4, 0.5) is 10.7 Å². The Labute approximate surface area is 209 Å². The molecule has 0 radical (unpaired) electrons. The Morgan fingerprint density at radius 3 is 2.46 bits per heavy atom. The van der Waals surface area contributed by atoms with Crippen molar-refractivity contribution in [2.24, 2.45) is 11.3 Å². The summed E-state index contributed by atoms with van der Waals surface area (Å²) < 4.78 is 10.8. The molecule has 2 aromatic carbocycles. The number of hydrogen-bond donors (Lipinski definition) is 2. The summed E-state index contributed by atoms with van der Waals surface area (Å²) in [7, 11) is 0. The van der Waals surface area contributed by atoms with Crippen LogP contribution in [0.1, 0.15) is 63.9 Å². The molecule has 0 spiro atoms. The van der Waals surface area contributed by atoms with E-state index in [1.54, 1.807) is 18.2 Å². The van der Waals surface area contributed by atoms with Crippen molar-refractivity contribution in [2.75, 3.05) is 17.4 Å². The summed E-state index contributed by atoms with van der Waals surface area (Å²) in [5.74, 6) is 1.23. The fourth-order valence-corrected chi connectivity index (χ4v) is 6.02. The first-order valence-electron chi connectivity index (χ1n) is 11.9. The molecule has 2 heterocycles. The van der Waals surface area contributed by atoms with Gasteiger partial charge < -0.3 is 20.1 Å². The van der Waals surface area contributed by atoms with E-state index >= 15 is 0 Å². The van der Waals surface area contributed by atoms with Crippen LogP contribution in [-0.2, 0) is 12.8 Å². The molecule has 182 valence electrons. The van der Waals surface area contributed by atoms with Crippen LogP contribution in [0, 0.1) is 18.3 Å². The van der Waals surface area contributed by atoms with E-state index in [0.717, 1.165) is 36.1 Å². The molecule has 5 rings (SSSR count). The third kappa shape index (κ3) is 4.78. The maximum Gasteiger partial charge on any atom is 0.258 e. The molecule has 1 aliphatic carbocycles. The number of aryl methyl sites for hydroxylation is 1. The number of ether oxygens (including phenoxy) is 2. The van der Waals surface area contributed by atoms with Gasteiger partial charge in [0.25, 0.3) is 11.8 Å². The normalized spacial score (nSPS) is 16.5. The van der Waals surface area contributed by atoms with E-state index in [4.69, 9.17) is 9.47 Å². The summed E-state index contributed by atoms with van der Waals surface area (Å²) in [6.07, 6.45) is 2.76. The molecule has 0 unspecified atom stereocenters. The van der Waals surface area contributed by atoms with Gasteiger partial charge in [-0.25, -0.2) is 0 Å². The van der Waals surface area contributed by atoms with Crippen LogP contribution < -0.4 is 20.1 Å². The fraction of sp³-hybridized carbons (Fsp3) is 0.357. The summed E-state index contributed by atoms with van der Waals surface area (Å²) >= 11 is 1.52. The Bertz CT molecular complexity index is 1290. The van der Waals surface area contributed by atoms with Gasteiger partial charge in [-0.2, -0.15) is 0 Å². The molecule has 0 saturated heterocycles. The van der Waals surface area contributed by atoms with Gasteiger partial charge in [0.05, 0.1) is 5.56 Å². The molecule has 2 amide bonds. The molecular weight excluding hydrogens is 460 g/mol. The van der Waals surface area contributed by atoms with Crippen molar-refractivity contribution in [3.05, 3.63) is 69.6 Å². The number of rotatable bonds is 4. The summed E-state index contributed by atoms with van der Waals surface area (Å²) in [5, 5.41) is 6.65. The first kappa shape index (κ1) is 23.4. The Kier molecular flexibility index (Phi) is 6.05. The highest BCUT2D eigenvalue weighted by molar-refractivity contribution is 7.17. The van der Waals surface area contributed by atoms with Crippen molar-refractivity contribution in [1.29, 1.82) is 0 Å². The maximum absolute atomic E-state index is 13.5. The summed E-state index contributed by atoms with van der Waals surface area (Å²) in [4.78, 5) is 27.9. The lowest BCUT2D eigenvalue weighted by Gasteiger charge is -2.33. The van der Waals surface area contributed by atoms with E-state index in [0.29, 0.717) is 33.5 Å². The number of nitrogens with one attached hydrogen (secondary N) is 2. The Morgan fingerprint density at radius 2 is 1.71 bits per heavy atom. The molecule has 6 nitrogen and oxygen atoms in total. The van der Waals surface area contributed by atoms with Crippen LogP contribution in [-0.4, -0.2) is 18.6 Å². The molecule has 1 atom stereocenters. The molecule has 7 heteroatoms. The van der Waals surface area contributed by atoms with Crippen molar-refractivity contribution in [3.63, 3.8) is 0 Å². The van der Waals surface area contributed by atoms with Crippen LogP contribution in [0.3, 0.4) is 0 Å². The van der Waals surface area contributed by atoms with Crippen LogP contribution >= 0.6 is 11.3 Å². The summed E-state index contributed by atoms with van der Waals surface area (Å²) in [5.41, 5.74) is 4.13. The second kappa shape index (κ2) is 9.04. The first-order valence-corrected chi connectivity index (χ1v) is 12.7. The Hall–Kier alpha value is -3.32. The maximum atomic E-state index is 13.5. The minimum absolute atomic E-state index is 0.149. The molecule has 35 heavy (non-hydrogen) atoms. The minimum atomic E-state index is -0.279. The van der Waals surface area contributed by atoms with Crippen molar-refractivity contribution in [1.82, 2.24) is 0 Å². The highest BCUT2D eigenvalue weighted by Crippen LogP contribution is 2.44. The number of anilines is 2. The number of amides is 2. The smallest absolute Gasteiger partial charge is 0.258 e. The molecule has 0 bridgehead atoms. The average Bonchev–Trinajstić information content (AvgIpc) is 3.43. The van der Waals surface area contributed by atoms with Gasteiger partial charge in [0.2, 0.25) is 6.79 Å². The van der Waals surface area contributed by atoms with Gasteiger partial charge in [-0.05, 0) is 73.4 Å². The van der Waals surface area contributed by atoms with Gasteiger partial charge in [0.1, 0.15) is 5.00 Å². The monoisotopic (exact) mass is 490 g/mol. The zero-order valence-corrected chi connectivity index (χ0v) is 21.3. The van der Waals surface area contributed by atoms with E-state index in [2.05, 4.69) is 31.4 Å². The van der Waals surface area contributed by atoms with Gasteiger partial charge in [0, 0.05) is 16.1 Å². The Morgan fingerprint density at radius 1 is 0.971 bits per heavy atom. The second-order valence-corrected chi connectivity index (χ2v) is 11.5. The quantitative estimate of drug-likeness (QED) is 0.441. The van der Waals surface area contributed by atoms with Gasteiger partial charge in [-0.1, -0.05) is 38.5 Å². The number of carbonyl (C=O) groups is 2. The zero-order chi connectivity index (χ0) is 24.7. The van der Waals surface area contributed by atoms with Crippen molar-refractivity contribution < 1.29 is 19.1 Å². The van der Waals surface area contributed by atoms with Gasteiger partial charge in [0.15, 0.2) is 11.5 Å². The number of fused-ring (bicyclic) bond motifs is 2. The van der Waals surface area contributed by atoms with Crippen LogP contribution in [0.5, 0.6) is 11.5 Å². The topological polar surface area (TPSA) is 76.7 Å². The highest BCUT2D eigenvalue weighted by Gasteiger charge is 2.34. The van der Waals surface area contributed by atoms with Gasteiger partial charge >= 0.3 is 0 Å². The van der Waals surface area contributed by atoms with Crippen molar-refractivity contribution in [2.45, 2.75) is 47.0 Å². The van der Waals surface area contributed by atoms with Crippen LogP contribution in [0.2, 0.25) is 0 Å². The Balaban J connectivity index is 1.47. The number of benzene rings is 2. The molecule has 0 saturated carbocycles.